The van der Waals surface area contributed by atoms with Crippen LogP contribution in [0.3, 0.4) is 0 Å². The van der Waals surface area contributed by atoms with Gasteiger partial charge >= 0.3 is 0 Å². The minimum Gasteiger partial charge on any atom is -0.0847 e. The highest BCUT2D eigenvalue weighted by molar-refractivity contribution is 5.22. The fourth-order valence-electron chi connectivity index (χ4n) is 2.87. The third-order valence-corrected chi connectivity index (χ3v) is 3.99. The monoisotopic (exact) mass is 150 g/mol. The molecule has 1 saturated carbocycles. The van der Waals surface area contributed by atoms with E-state index < -0.39 is 0 Å². The first-order valence-corrected chi connectivity index (χ1v) is 4.85. The Morgan fingerprint density at radius 3 is 2.64 bits per heavy atom. The predicted octanol–water partition coefficient (Wildman–Crippen LogP) is 3.39. The smallest absolute Gasteiger partial charge is 0.0146 e. The van der Waals surface area contributed by atoms with E-state index in [1.165, 1.54) is 19.3 Å². The van der Waals surface area contributed by atoms with Crippen molar-refractivity contribution in [2.45, 2.75) is 40.0 Å². The van der Waals surface area contributed by atoms with Gasteiger partial charge < -0.3 is 0 Å². The van der Waals surface area contributed by atoms with Gasteiger partial charge in [0.25, 0.3) is 0 Å². The Hall–Kier alpha value is -0.260. The molecule has 11 heavy (non-hydrogen) atoms. The van der Waals surface area contributed by atoms with Crippen molar-refractivity contribution >= 4 is 0 Å². The zero-order chi connectivity index (χ0) is 8.06. The molecule has 3 aliphatic rings. The first-order valence-electron chi connectivity index (χ1n) is 4.85. The summed E-state index contributed by atoms with van der Waals surface area (Å²) in [5.74, 6) is 1.94. The van der Waals surface area contributed by atoms with Gasteiger partial charge in [-0.1, -0.05) is 32.4 Å². The largest absolute Gasteiger partial charge is 0.0847 e. The molecular formula is C11H18. The quantitative estimate of drug-likeness (QED) is 0.503. The van der Waals surface area contributed by atoms with E-state index in [1.807, 2.05) is 0 Å². The van der Waals surface area contributed by atoms with Crippen molar-refractivity contribution in [3.05, 3.63) is 11.6 Å². The molecule has 62 valence electrons. The highest BCUT2D eigenvalue weighted by atomic mass is 14.5. The molecule has 0 aromatic heterocycles. The predicted molar refractivity (Wildman–Crippen MR) is 48.4 cm³/mol. The number of hydrogen-bond donors (Lipinski definition) is 0. The lowest BCUT2D eigenvalue weighted by Crippen LogP contribution is -2.47. The van der Waals surface area contributed by atoms with E-state index in [-0.39, 0.29) is 0 Å². The summed E-state index contributed by atoms with van der Waals surface area (Å²) in [6.45, 7) is 7.17. The van der Waals surface area contributed by atoms with Crippen LogP contribution in [0.1, 0.15) is 40.0 Å². The van der Waals surface area contributed by atoms with Crippen molar-refractivity contribution in [3.63, 3.8) is 0 Å². The van der Waals surface area contributed by atoms with E-state index in [0.717, 1.165) is 11.8 Å². The van der Waals surface area contributed by atoms with E-state index in [0.29, 0.717) is 5.41 Å². The molecule has 0 aromatic rings. The normalized spacial score (nSPS) is 39.4. The zero-order valence-corrected chi connectivity index (χ0v) is 7.85. The minimum atomic E-state index is 0.639. The molecule has 1 fully saturated rings. The van der Waals surface area contributed by atoms with E-state index in [2.05, 4.69) is 26.8 Å². The lowest BCUT2D eigenvalue weighted by atomic mass is 9.48. The van der Waals surface area contributed by atoms with E-state index in [1.54, 1.807) is 5.57 Å². The molecule has 0 radical (unpaired) electrons. The van der Waals surface area contributed by atoms with Crippen LogP contribution < -0.4 is 0 Å². The van der Waals surface area contributed by atoms with Gasteiger partial charge in [-0.05, 0) is 36.5 Å². The number of rotatable bonds is 1. The van der Waals surface area contributed by atoms with Crippen molar-refractivity contribution in [3.8, 4) is 0 Å². The second-order valence-corrected chi connectivity index (χ2v) is 4.67. The van der Waals surface area contributed by atoms with Crippen LogP contribution in [0, 0.1) is 17.3 Å². The molecule has 0 aliphatic heterocycles. The van der Waals surface area contributed by atoms with Gasteiger partial charge in [0.05, 0.1) is 0 Å². The Morgan fingerprint density at radius 1 is 1.55 bits per heavy atom. The van der Waals surface area contributed by atoms with Crippen LogP contribution in [0.5, 0.6) is 0 Å². The Labute approximate surface area is 69.7 Å². The summed E-state index contributed by atoms with van der Waals surface area (Å²) < 4.78 is 0. The number of allylic oxidation sites excluding steroid dienone is 2. The fourth-order valence-corrected chi connectivity index (χ4v) is 2.87. The van der Waals surface area contributed by atoms with Gasteiger partial charge in [-0.2, -0.15) is 0 Å². The lowest BCUT2D eigenvalue weighted by molar-refractivity contribution is -0.00777. The maximum absolute atomic E-state index is 2.49. The second-order valence-electron chi connectivity index (χ2n) is 4.67. The highest BCUT2D eigenvalue weighted by Gasteiger charge is 2.50. The molecule has 2 bridgehead atoms. The Kier molecular flexibility index (Phi) is 1.42. The molecule has 0 aromatic carbocycles. The first kappa shape index (κ1) is 7.39. The molecule has 0 spiro atoms. The molecule has 0 saturated heterocycles. The minimum absolute atomic E-state index is 0.639. The fraction of sp³-hybridized carbons (Fsp3) is 0.818. The summed E-state index contributed by atoms with van der Waals surface area (Å²) in [5, 5.41) is 0. The van der Waals surface area contributed by atoms with Crippen molar-refractivity contribution in [1.29, 1.82) is 0 Å². The van der Waals surface area contributed by atoms with Crippen molar-refractivity contribution < 1.29 is 0 Å². The van der Waals surface area contributed by atoms with Gasteiger partial charge in [0.1, 0.15) is 0 Å². The molecular weight excluding hydrogens is 132 g/mol. The van der Waals surface area contributed by atoms with Gasteiger partial charge in [-0.3, -0.25) is 0 Å². The van der Waals surface area contributed by atoms with Crippen LogP contribution in [-0.4, -0.2) is 0 Å². The zero-order valence-electron chi connectivity index (χ0n) is 7.85. The van der Waals surface area contributed by atoms with Crippen molar-refractivity contribution in [2.24, 2.45) is 17.3 Å². The van der Waals surface area contributed by atoms with Crippen LogP contribution in [0.4, 0.5) is 0 Å². The van der Waals surface area contributed by atoms with Gasteiger partial charge in [0.2, 0.25) is 0 Å². The Bertz CT molecular complexity index is 198. The Balaban J connectivity index is 2.23. The average molecular weight is 150 g/mol. The maximum atomic E-state index is 2.49. The number of fused-ring (bicyclic) bond motifs is 1. The third kappa shape index (κ3) is 0.816. The summed E-state index contributed by atoms with van der Waals surface area (Å²) in [6, 6.07) is 0. The molecule has 2 atom stereocenters. The summed E-state index contributed by atoms with van der Waals surface area (Å²) in [6.07, 6.45) is 6.60. The molecule has 1 unspecified atom stereocenters. The molecule has 0 nitrogen and oxygen atoms in total. The van der Waals surface area contributed by atoms with Crippen LogP contribution in [-0.2, 0) is 0 Å². The summed E-state index contributed by atoms with van der Waals surface area (Å²) in [5.41, 5.74) is 2.37. The van der Waals surface area contributed by atoms with Gasteiger partial charge in [0.15, 0.2) is 0 Å². The van der Waals surface area contributed by atoms with Gasteiger partial charge in [-0.25, -0.2) is 0 Å². The summed E-state index contributed by atoms with van der Waals surface area (Å²) in [4.78, 5) is 0. The first-order chi connectivity index (χ1) is 5.16. The second kappa shape index (κ2) is 2.12. The third-order valence-electron chi connectivity index (χ3n) is 3.99. The van der Waals surface area contributed by atoms with Crippen LogP contribution in [0.25, 0.3) is 0 Å². The van der Waals surface area contributed by atoms with E-state index >= 15 is 0 Å². The average Bonchev–Trinajstić information content (AvgIpc) is 2.04. The van der Waals surface area contributed by atoms with Crippen molar-refractivity contribution in [2.75, 3.05) is 0 Å². The van der Waals surface area contributed by atoms with Crippen LogP contribution in [0.15, 0.2) is 11.6 Å². The van der Waals surface area contributed by atoms with Crippen LogP contribution >= 0.6 is 0 Å². The molecule has 0 heterocycles. The van der Waals surface area contributed by atoms with Crippen LogP contribution in [0.2, 0.25) is 0 Å². The van der Waals surface area contributed by atoms with Crippen molar-refractivity contribution in [1.82, 2.24) is 0 Å². The number of hydrogen-bond acceptors (Lipinski definition) is 0. The highest BCUT2D eigenvalue weighted by Crippen LogP contribution is 2.59. The molecule has 0 amide bonds. The summed E-state index contributed by atoms with van der Waals surface area (Å²) in [7, 11) is 0. The van der Waals surface area contributed by atoms with Gasteiger partial charge in [0, 0.05) is 0 Å². The van der Waals surface area contributed by atoms with Gasteiger partial charge in [-0.15, -0.1) is 0 Å². The Morgan fingerprint density at radius 2 is 2.27 bits per heavy atom. The molecule has 0 N–H and O–H groups in total. The molecule has 3 aliphatic carbocycles. The maximum Gasteiger partial charge on any atom is -0.0146 e. The summed E-state index contributed by atoms with van der Waals surface area (Å²) >= 11 is 0. The van der Waals surface area contributed by atoms with E-state index in [9.17, 15) is 0 Å². The lowest BCUT2D eigenvalue weighted by Gasteiger charge is -2.56. The van der Waals surface area contributed by atoms with E-state index in [4.69, 9.17) is 0 Å². The SMILES string of the molecule is CCC1=CCC2C[C@@H]1C2(C)C. The molecule has 0 heteroatoms. The molecule has 3 rings (SSSR count). The topological polar surface area (TPSA) is 0 Å². The standard InChI is InChI=1S/C11H18/c1-4-8-5-6-9-7-10(8)11(9,2)3/h5,9-10H,4,6-7H2,1-3H3/t9?,10-/m0/s1.